The van der Waals surface area contributed by atoms with Crippen molar-refractivity contribution in [1.82, 2.24) is 4.98 Å². The maximum atomic E-state index is 13.4. The van der Waals surface area contributed by atoms with Gasteiger partial charge in [0.25, 0.3) is 10.0 Å². The number of pyridine rings is 1. The van der Waals surface area contributed by atoms with Crippen molar-refractivity contribution in [2.24, 2.45) is 0 Å². The number of ether oxygens (including phenoxy) is 2. The Balaban J connectivity index is 1.60. The zero-order chi connectivity index (χ0) is 25.3. The van der Waals surface area contributed by atoms with Crippen molar-refractivity contribution in [3.05, 3.63) is 85.1 Å². The molecule has 0 fully saturated rings. The highest BCUT2D eigenvalue weighted by atomic mass is 32.2. The standard InChI is InChI=1S/C27H23N3O4S2/c1-33-22-13-12-18(15-23(22)34-2)36(31,32)30-21-16-25(26(28)20-10-4-3-9-19(20)21)35-24-11-5-7-17-8-6-14-29-27(17)24/h3-16,30H,28H2,1-2H3. The molecule has 9 heteroatoms. The lowest BCUT2D eigenvalue weighted by Gasteiger charge is -2.16. The number of para-hydroxylation sites is 1. The van der Waals surface area contributed by atoms with Gasteiger partial charge >= 0.3 is 0 Å². The van der Waals surface area contributed by atoms with E-state index in [0.29, 0.717) is 28.3 Å². The van der Waals surface area contributed by atoms with Crippen LogP contribution in [0.15, 0.2) is 99.7 Å². The van der Waals surface area contributed by atoms with Crippen LogP contribution >= 0.6 is 11.8 Å². The molecule has 0 aliphatic carbocycles. The second-order valence-electron chi connectivity index (χ2n) is 7.94. The fraction of sp³-hybridized carbons (Fsp3) is 0.0741. The molecule has 0 atom stereocenters. The quantitative estimate of drug-likeness (QED) is 0.258. The van der Waals surface area contributed by atoms with Gasteiger partial charge in [-0.25, -0.2) is 8.42 Å². The Kier molecular flexibility index (Phi) is 6.34. The number of methoxy groups -OCH3 is 2. The van der Waals surface area contributed by atoms with Crippen LogP contribution in [-0.4, -0.2) is 27.6 Å². The molecule has 1 heterocycles. The van der Waals surface area contributed by atoms with Crippen LogP contribution in [0.5, 0.6) is 11.5 Å². The van der Waals surface area contributed by atoms with Crippen LogP contribution in [0, 0.1) is 0 Å². The predicted octanol–water partition coefficient (Wildman–Crippen LogP) is 5.94. The summed E-state index contributed by atoms with van der Waals surface area (Å²) >= 11 is 1.45. The van der Waals surface area contributed by atoms with E-state index >= 15 is 0 Å². The highest BCUT2D eigenvalue weighted by Gasteiger charge is 2.20. The van der Waals surface area contributed by atoms with Gasteiger partial charge in [0.15, 0.2) is 11.5 Å². The van der Waals surface area contributed by atoms with Gasteiger partial charge in [0.1, 0.15) is 0 Å². The van der Waals surface area contributed by atoms with Crippen LogP contribution in [0.4, 0.5) is 11.4 Å². The van der Waals surface area contributed by atoms with Crippen molar-refractivity contribution in [2.75, 3.05) is 24.7 Å². The Morgan fingerprint density at radius 3 is 2.36 bits per heavy atom. The van der Waals surface area contributed by atoms with Gasteiger partial charge in [-0.05, 0) is 30.3 Å². The van der Waals surface area contributed by atoms with E-state index in [-0.39, 0.29) is 4.90 Å². The first-order chi connectivity index (χ1) is 17.4. The summed E-state index contributed by atoms with van der Waals surface area (Å²) in [7, 11) is -0.993. The minimum absolute atomic E-state index is 0.0495. The van der Waals surface area contributed by atoms with Crippen LogP contribution in [0.2, 0.25) is 0 Å². The number of aromatic nitrogens is 1. The molecule has 0 saturated heterocycles. The third-order valence-electron chi connectivity index (χ3n) is 5.77. The lowest BCUT2D eigenvalue weighted by Crippen LogP contribution is -2.14. The van der Waals surface area contributed by atoms with Gasteiger partial charge in [-0.15, -0.1) is 0 Å². The van der Waals surface area contributed by atoms with Gasteiger partial charge < -0.3 is 15.2 Å². The lowest BCUT2D eigenvalue weighted by molar-refractivity contribution is 0.354. The number of fused-ring (bicyclic) bond motifs is 2. The molecule has 7 nitrogen and oxygen atoms in total. The first-order valence-corrected chi connectivity index (χ1v) is 13.3. The largest absolute Gasteiger partial charge is 0.493 e. The van der Waals surface area contributed by atoms with Gasteiger partial charge in [0.05, 0.1) is 36.0 Å². The molecule has 0 radical (unpaired) electrons. The molecule has 0 aliphatic rings. The molecule has 5 aromatic rings. The number of hydrogen-bond donors (Lipinski definition) is 2. The van der Waals surface area contributed by atoms with Gasteiger partial charge in [-0.3, -0.25) is 9.71 Å². The summed E-state index contributed by atoms with van der Waals surface area (Å²) in [5, 5.41) is 2.45. The van der Waals surface area contributed by atoms with Crippen molar-refractivity contribution in [1.29, 1.82) is 0 Å². The topological polar surface area (TPSA) is 104 Å². The van der Waals surface area contributed by atoms with Gasteiger partial charge in [0, 0.05) is 38.2 Å². The van der Waals surface area contributed by atoms with Crippen LogP contribution in [0.1, 0.15) is 0 Å². The minimum atomic E-state index is -3.95. The maximum absolute atomic E-state index is 13.4. The summed E-state index contributed by atoms with van der Waals surface area (Å²) in [4.78, 5) is 6.22. The molecule has 0 amide bonds. The molecule has 0 bridgehead atoms. The maximum Gasteiger partial charge on any atom is 0.262 e. The summed E-state index contributed by atoms with van der Waals surface area (Å²) in [5.74, 6) is 0.763. The van der Waals surface area contributed by atoms with E-state index in [9.17, 15) is 8.42 Å². The molecule has 182 valence electrons. The van der Waals surface area contributed by atoms with Crippen molar-refractivity contribution >= 4 is 54.8 Å². The van der Waals surface area contributed by atoms with Crippen molar-refractivity contribution in [3.8, 4) is 11.5 Å². The van der Waals surface area contributed by atoms with Crippen LogP contribution in [0.3, 0.4) is 0 Å². The monoisotopic (exact) mass is 517 g/mol. The Hall–Kier alpha value is -3.95. The van der Waals surface area contributed by atoms with Crippen LogP contribution < -0.4 is 19.9 Å². The van der Waals surface area contributed by atoms with Gasteiger partial charge in [-0.1, -0.05) is 54.2 Å². The first kappa shape index (κ1) is 23.8. The average molecular weight is 518 g/mol. The van der Waals surface area contributed by atoms with E-state index in [1.165, 1.54) is 38.1 Å². The SMILES string of the molecule is COc1ccc(S(=O)(=O)Nc2cc(Sc3cccc4cccnc34)c(N)c3ccccc23)cc1OC. The molecule has 36 heavy (non-hydrogen) atoms. The number of nitrogens with one attached hydrogen (secondary N) is 1. The number of nitrogens with zero attached hydrogens (tertiary/aromatic N) is 1. The zero-order valence-corrected chi connectivity index (χ0v) is 21.2. The van der Waals surface area contributed by atoms with Crippen LogP contribution in [0.25, 0.3) is 21.7 Å². The normalized spacial score (nSPS) is 11.5. The predicted molar refractivity (Wildman–Crippen MR) is 145 cm³/mol. The van der Waals surface area contributed by atoms with Crippen molar-refractivity contribution < 1.29 is 17.9 Å². The average Bonchev–Trinajstić information content (AvgIpc) is 2.91. The highest BCUT2D eigenvalue weighted by molar-refractivity contribution is 7.99. The molecule has 4 aromatic carbocycles. The fourth-order valence-corrected chi connectivity index (χ4v) is 6.14. The van der Waals surface area contributed by atoms with Gasteiger partial charge in [-0.2, -0.15) is 0 Å². The van der Waals surface area contributed by atoms with E-state index in [1.54, 1.807) is 18.3 Å². The molecule has 0 aliphatic heterocycles. The number of nitrogen functional groups attached to an aromatic ring is 1. The van der Waals surface area contributed by atoms with Gasteiger partial charge in [0.2, 0.25) is 0 Å². The fourth-order valence-electron chi connectivity index (χ4n) is 4.01. The minimum Gasteiger partial charge on any atom is -0.493 e. The van der Waals surface area contributed by atoms with E-state index in [4.69, 9.17) is 15.2 Å². The molecule has 0 unspecified atom stereocenters. The Labute approximate surface area is 213 Å². The van der Waals surface area contributed by atoms with E-state index < -0.39 is 10.0 Å². The summed E-state index contributed by atoms with van der Waals surface area (Å²) < 4.78 is 40.0. The van der Waals surface area contributed by atoms with Crippen molar-refractivity contribution in [2.45, 2.75) is 14.7 Å². The van der Waals surface area contributed by atoms with Crippen LogP contribution in [-0.2, 0) is 10.0 Å². The molecule has 5 rings (SSSR count). The summed E-state index contributed by atoms with van der Waals surface area (Å²) in [5.41, 5.74) is 8.42. The van der Waals surface area contributed by atoms with Crippen molar-refractivity contribution in [3.63, 3.8) is 0 Å². The summed E-state index contributed by atoms with van der Waals surface area (Å²) in [6.45, 7) is 0. The number of anilines is 2. The molecule has 0 saturated carbocycles. The first-order valence-electron chi connectivity index (χ1n) is 11.0. The highest BCUT2D eigenvalue weighted by Crippen LogP contribution is 2.42. The molecular weight excluding hydrogens is 494 g/mol. The number of nitrogens with two attached hydrogens (primary N) is 1. The second-order valence-corrected chi connectivity index (χ2v) is 10.7. The number of benzene rings is 4. The second kappa shape index (κ2) is 9.60. The molecule has 0 spiro atoms. The lowest BCUT2D eigenvalue weighted by atomic mass is 10.1. The third-order valence-corrected chi connectivity index (χ3v) is 8.24. The zero-order valence-electron chi connectivity index (χ0n) is 19.6. The molecular formula is C27H23N3O4S2. The number of hydrogen-bond acceptors (Lipinski definition) is 7. The summed E-state index contributed by atoms with van der Waals surface area (Å²) in [6.07, 6.45) is 1.75. The Bertz CT molecular complexity index is 1700. The Morgan fingerprint density at radius 1 is 0.833 bits per heavy atom. The summed E-state index contributed by atoms with van der Waals surface area (Å²) in [6, 6.07) is 23.5. The van der Waals surface area contributed by atoms with E-state index in [1.807, 2.05) is 54.6 Å². The molecule has 1 aromatic heterocycles. The number of rotatable bonds is 7. The van der Waals surface area contributed by atoms with E-state index in [0.717, 1.165) is 26.1 Å². The van der Waals surface area contributed by atoms with E-state index in [2.05, 4.69) is 9.71 Å². The third kappa shape index (κ3) is 4.38. The number of sulfonamides is 1. The molecule has 3 N–H and O–H groups in total. The smallest absolute Gasteiger partial charge is 0.262 e. The Morgan fingerprint density at radius 2 is 1.58 bits per heavy atom.